The lowest BCUT2D eigenvalue weighted by Crippen LogP contribution is -2.38. The number of nitrogens with one attached hydrogen (secondary N) is 2. The standard InChI is InChI=1S/C14H20N2O2/c1-9-4-7-13(18-3)12(8-9)15-10(2)14(17)16-11-5-6-11/h4,7-8,10-11,15H,5-6H2,1-3H3,(H,16,17)/t10-/m1/s1. The molecule has 2 N–H and O–H groups in total. The topological polar surface area (TPSA) is 50.4 Å². The van der Waals surface area contributed by atoms with Crippen molar-refractivity contribution in [2.24, 2.45) is 0 Å². The van der Waals surface area contributed by atoms with Gasteiger partial charge in [0.1, 0.15) is 11.8 Å². The van der Waals surface area contributed by atoms with Crippen LogP contribution in [-0.2, 0) is 4.79 Å². The predicted octanol–water partition coefficient (Wildman–Crippen LogP) is 2.08. The van der Waals surface area contributed by atoms with Crippen LogP contribution in [0.5, 0.6) is 5.75 Å². The molecule has 0 heterocycles. The van der Waals surface area contributed by atoms with E-state index < -0.39 is 0 Å². The minimum Gasteiger partial charge on any atom is -0.495 e. The van der Waals surface area contributed by atoms with E-state index in [4.69, 9.17) is 4.74 Å². The Labute approximate surface area is 108 Å². The van der Waals surface area contributed by atoms with Gasteiger partial charge in [-0.1, -0.05) is 6.07 Å². The molecule has 1 atom stereocenters. The molecule has 0 unspecified atom stereocenters. The summed E-state index contributed by atoms with van der Waals surface area (Å²) in [4.78, 5) is 11.9. The van der Waals surface area contributed by atoms with Crippen molar-refractivity contribution >= 4 is 11.6 Å². The Balaban J connectivity index is 2.02. The molecule has 1 fully saturated rings. The summed E-state index contributed by atoms with van der Waals surface area (Å²) in [6.07, 6.45) is 2.21. The van der Waals surface area contributed by atoms with Gasteiger partial charge in [-0.2, -0.15) is 0 Å². The second kappa shape index (κ2) is 5.29. The lowest BCUT2D eigenvalue weighted by atomic mass is 10.2. The highest BCUT2D eigenvalue weighted by Crippen LogP contribution is 2.26. The maximum atomic E-state index is 11.9. The average molecular weight is 248 g/mol. The molecule has 0 spiro atoms. The van der Waals surface area contributed by atoms with Crippen molar-refractivity contribution in [2.45, 2.75) is 38.8 Å². The summed E-state index contributed by atoms with van der Waals surface area (Å²) in [5, 5.41) is 6.18. The molecule has 0 saturated heterocycles. The van der Waals surface area contributed by atoms with Crippen LogP contribution in [0, 0.1) is 6.92 Å². The number of hydrogen-bond donors (Lipinski definition) is 2. The van der Waals surface area contributed by atoms with Crippen molar-refractivity contribution in [2.75, 3.05) is 12.4 Å². The van der Waals surface area contributed by atoms with Crippen LogP contribution in [0.2, 0.25) is 0 Å². The predicted molar refractivity (Wildman–Crippen MR) is 72.0 cm³/mol. The molecule has 1 aliphatic carbocycles. The van der Waals surface area contributed by atoms with Crippen LogP contribution in [0.1, 0.15) is 25.3 Å². The van der Waals surface area contributed by atoms with E-state index in [1.165, 1.54) is 0 Å². The van der Waals surface area contributed by atoms with E-state index in [0.29, 0.717) is 6.04 Å². The third-order valence-corrected chi connectivity index (χ3v) is 3.04. The van der Waals surface area contributed by atoms with Gasteiger partial charge in [0.15, 0.2) is 0 Å². The van der Waals surface area contributed by atoms with Crippen molar-refractivity contribution in [3.8, 4) is 5.75 Å². The first-order valence-corrected chi connectivity index (χ1v) is 6.31. The Morgan fingerprint density at radius 3 is 2.78 bits per heavy atom. The molecule has 98 valence electrons. The van der Waals surface area contributed by atoms with Gasteiger partial charge >= 0.3 is 0 Å². The van der Waals surface area contributed by atoms with E-state index in [1.807, 2.05) is 32.0 Å². The van der Waals surface area contributed by atoms with Crippen molar-refractivity contribution < 1.29 is 9.53 Å². The van der Waals surface area contributed by atoms with E-state index in [9.17, 15) is 4.79 Å². The number of hydrogen-bond acceptors (Lipinski definition) is 3. The van der Waals surface area contributed by atoms with E-state index in [0.717, 1.165) is 29.8 Å². The first-order chi connectivity index (χ1) is 8.60. The lowest BCUT2D eigenvalue weighted by Gasteiger charge is -2.17. The number of anilines is 1. The van der Waals surface area contributed by atoms with Gasteiger partial charge in [-0.25, -0.2) is 0 Å². The largest absolute Gasteiger partial charge is 0.495 e. The number of rotatable bonds is 5. The molecule has 1 amide bonds. The first-order valence-electron chi connectivity index (χ1n) is 6.31. The molecule has 2 rings (SSSR count). The summed E-state index contributed by atoms with van der Waals surface area (Å²) in [7, 11) is 1.63. The fourth-order valence-electron chi connectivity index (χ4n) is 1.79. The number of carbonyl (C=O) groups excluding carboxylic acids is 1. The van der Waals surface area contributed by atoms with Crippen molar-refractivity contribution in [1.82, 2.24) is 5.32 Å². The monoisotopic (exact) mass is 248 g/mol. The van der Waals surface area contributed by atoms with Crippen LogP contribution in [0.3, 0.4) is 0 Å². The Morgan fingerprint density at radius 2 is 2.17 bits per heavy atom. The molecule has 0 aliphatic heterocycles. The molecule has 0 radical (unpaired) electrons. The normalized spacial score (nSPS) is 15.9. The average Bonchev–Trinajstić information content (AvgIpc) is 3.13. The summed E-state index contributed by atoms with van der Waals surface area (Å²) in [6.45, 7) is 3.87. The molecular formula is C14H20N2O2. The van der Waals surface area contributed by atoms with E-state index in [-0.39, 0.29) is 11.9 Å². The van der Waals surface area contributed by atoms with E-state index >= 15 is 0 Å². The minimum atomic E-state index is -0.263. The van der Waals surface area contributed by atoms with Crippen LogP contribution in [0.4, 0.5) is 5.69 Å². The van der Waals surface area contributed by atoms with Gasteiger partial charge in [-0.15, -0.1) is 0 Å². The molecular weight excluding hydrogens is 228 g/mol. The second-order valence-electron chi connectivity index (χ2n) is 4.85. The Morgan fingerprint density at radius 1 is 1.44 bits per heavy atom. The zero-order valence-electron chi connectivity index (χ0n) is 11.1. The fraction of sp³-hybridized carbons (Fsp3) is 0.500. The highest BCUT2D eigenvalue weighted by Gasteiger charge is 2.25. The van der Waals surface area contributed by atoms with Gasteiger partial charge in [0, 0.05) is 6.04 Å². The van der Waals surface area contributed by atoms with E-state index in [2.05, 4.69) is 10.6 Å². The van der Waals surface area contributed by atoms with Gasteiger partial charge in [-0.05, 0) is 44.4 Å². The Hall–Kier alpha value is -1.71. The summed E-state index contributed by atoms with van der Waals surface area (Å²) in [6, 6.07) is 6.00. The van der Waals surface area contributed by atoms with Gasteiger partial charge in [0.2, 0.25) is 5.91 Å². The smallest absolute Gasteiger partial charge is 0.242 e. The zero-order valence-corrected chi connectivity index (χ0v) is 11.1. The van der Waals surface area contributed by atoms with E-state index in [1.54, 1.807) is 7.11 Å². The molecule has 18 heavy (non-hydrogen) atoms. The molecule has 4 heteroatoms. The van der Waals surface area contributed by atoms with Gasteiger partial charge < -0.3 is 15.4 Å². The van der Waals surface area contributed by atoms with Crippen molar-refractivity contribution in [1.29, 1.82) is 0 Å². The molecule has 1 aromatic carbocycles. The maximum absolute atomic E-state index is 11.9. The van der Waals surface area contributed by atoms with Crippen molar-refractivity contribution in [3.05, 3.63) is 23.8 Å². The highest BCUT2D eigenvalue weighted by atomic mass is 16.5. The summed E-state index contributed by atoms with van der Waals surface area (Å²) in [5.41, 5.74) is 1.99. The zero-order chi connectivity index (χ0) is 13.1. The third-order valence-electron chi connectivity index (χ3n) is 3.04. The lowest BCUT2D eigenvalue weighted by molar-refractivity contribution is -0.121. The quantitative estimate of drug-likeness (QED) is 0.839. The minimum absolute atomic E-state index is 0.0426. The van der Waals surface area contributed by atoms with Crippen LogP contribution < -0.4 is 15.4 Å². The highest BCUT2D eigenvalue weighted by molar-refractivity contribution is 5.85. The van der Waals surface area contributed by atoms with Crippen LogP contribution >= 0.6 is 0 Å². The summed E-state index contributed by atoms with van der Waals surface area (Å²) < 4.78 is 5.28. The molecule has 4 nitrogen and oxygen atoms in total. The molecule has 0 bridgehead atoms. The molecule has 0 aromatic heterocycles. The van der Waals surface area contributed by atoms with Crippen LogP contribution in [0.15, 0.2) is 18.2 Å². The van der Waals surface area contributed by atoms with Crippen LogP contribution in [0.25, 0.3) is 0 Å². The van der Waals surface area contributed by atoms with Gasteiger partial charge in [0.05, 0.1) is 12.8 Å². The van der Waals surface area contributed by atoms with Gasteiger partial charge in [-0.3, -0.25) is 4.79 Å². The Bertz CT molecular complexity index is 441. The second-order valence-corrected chi connectivity index (χ2v) is 4.85. The third kappa shape index (κ3) is 3.15. The number of methoxy groups -OCH3 is 1. The fourth-order valence-corrected chi connectivity index (χ4v) is 1.79. The first kappa shape index (κ1) is 12.7. The number of benzene rings is 1. The molecule has 1 aliphatic rings. The number of ether oxygens (including phenoxy) is 1. The summed E-state index contributed by atoms with van der Waals surface area (Å²) >= 11 is 0. The summed E-state index contributed by atoms with van der Waals surface area (Å²) in [5.74, 6) is 0.799. The molecule has 1 saturated carbocycles. The maximum Gasteiger partial charge on any atom is 0.242 e. The van der Waals surface area contributed by atoms with Crippen LogP contribution in [-0.4, -0.2) is 25.1 Å². The SMILES string of the molecule is COc1ccc(C)cc1N[C@H](C)C(=O)NC1CC1. The van der Waals surface area contributed by atoms with Gasteiger partial charge in [0.25, 0.3) is 0 Å². The number of amides is 1. The van der Waals surface area contributed by atoms with Crippen molar-refractivity contribution in [3.63, 3.8) is 0 Å². The molecule has 1 aromatic rings. The Kier molecular flexibility index (Phi) is 3.75. The number of aryl methyl sites for hydroxylation is 1. The number of carbonyl (C=O) groups is 1.